The first-order valence-corrected chi connectivity index (χ1v) is 7.26. The van der Waals surface area contributed by atoms with E-state index in [2.05, 4.69) is 10.3 Å². The van der Waals surface area contributed by atoms with Gasteiger partial charge in [-0.25, -0.2) is 9.78 Å². The van der Waals surface area contributed by atoms with Gasteiger partial charge in [0.1, 0.15) is 6.04 Å². The van der Waals surface area contributed by atoms with Crippen molar-refractivity contribution in [1.29, 1.82) is 0 Å². The molecular formula is C14H16N2O3S. The van der Waals surface area contributed by atoms with E-state index in [1.807, 2.05) is 18.4 Å². The lowest BCUT2D eigenvalue weighted by Crippen LogP contribution is -2.40. The van der Waals surface area contributed by atoms with Crippen LogP contribution in [-0.2, 0) is 9.59 Å². The number of carbonyl (C=O) groups is 2. The molecule has 1 atom stereocenters. The highest BCUT2D eigenvalue weighted by Gasteiger charge is 2.22. The number of carboxylic acids is 1. The first kappa shape index (κ1) is 14.5. The van der Waals surface area contributed by atoms with Gasteiger partial charge in [0.25, 0.3) is 0 Å². The molecule has 1 heterocycles. The summed E-state index contributed by atoms with van der Waals surface area (Å²) in [5.74, 6) is -1.33. The first-order chi connectivity index (χ1) is 9.51. The highest BCUT2D eigenvalue weighted by molar-refractivity contribution is 7.09. The molecule has 1 aromatic rings. The summed E-state index contributed by atoms with van der Waals surface area (Å²) in [5.41, 5.74) is 2.36. The Morgan fingerprint density at radius 2 is 2.30 bits per heavy atom. The summed E-state index contributed by atoms with van der Waals surface area (Å²) < 4.78 is 0. The summed E-state index contributed by atoms with van der Waals surface area (Å²) in [4.78, 5) is 27.3. The predicted octanol–water partition coefficient (Wildman–Crippen LogP) is 2.14. The van der Waals surface area contributed by atoms with Crippen LogP contribution in [0.2, 0.25) is 0 Å². The monoisotopic (exact) mass is 292 g/mol. The molecule has 2 N–H and O–H groups in total. The van der Waals surface area contributed by atoms with Crippen molar-refractivity contribution in [2.24, 2.45) is 0 Å². The van der Waals surface area contributed by atoms with Crippen LogP contribution in [0.3, 0.4) is 0 Å². The molecule has 1 aromatic heterocycles. The van der Waals surface area contributed by atoms with Gasteiger partial charge in [-0.3, -0.25) is 4.79 Å². The van der Waals surface area contributed by atoms with Crippen LogP contribution in [0.5, 0.6) is 0 Å². The van der Waals surface area contributed by atoms with Gasteiger partial charge in [0.05, 0.1) is 10.7 Å². The van der Waals surface area contributed by atoms with E-state index < -0.39 is 12.0 Å². The first-order valence-electron chi connectivity index (χ1n) is 6.38. The molecule has 0 fully saturated rings. The standard InChI is InChI=1S/C14H16N2O3S/c1-3-11(14(18)19)16-13(17)10-5-4-9(6-10)12-7-20-8(2)15-12/h4,6-7,11H,3,5H2,1-2H3,(H,16,17)(H,18,19). The van der Waals surface area contributed by atoms with E-state index in [0.717, 1.165) is 16.3 Å². The van der Waals surface area contributed by atoms with Gasteiger partial charge in [-0.15, -0.1) is 11.3 Å². The molecule has 20 heavy (non-hydrogen) atoms. The van der Waals surface area contributed by atoms with Gasteiger partial charge in [0.15, 0.2) is 0 Å². The van der Waals surface area contributed by atoms with Crippen molar-refractivity contribution in [2.45, 2.75) is 32.7 Å². The topological polar surface area (TPSA) is 79.3 Å². The van der Waals surface area contributed by atoms with Crippen molar-refractivity contribution in [3.8, 4) is 0 Å². The third kappa shape index (κ3) is 3.14. The van der Waals surface area contributed by atoms with Gasteiger partial charge in [-0.1, -0.05) is 13.0 Å². The molecule has 0 aromatic carbocycles. The number of amides is 1. The number of nitrogens with zero attached hydrogens (tertiary/aromatic N) is 1. The van der Waals surface area contributed by atoms with Crippen LogP contribution in [-0.4, -0.2) is 28.0 Å². The second kappa shape index (κ2) is 6.00. The fraction of sp³-hybridized carbons (Fsp3) is 0.357. The molecule has 0 bridgehead atoms. The van der Waals surface area contributed by atoms with E-state index >= 15 is 0 Å². The average Bonchev–Trinajstić information content (AvgIpc) is 3.03. The van der Waals surface area contributed by atoms with Crippen molar-refractivity contribution in [1.82, 2.24) is 10.3 Å². The van der Waals surface area contributed by atoms with Gasteiger partial charge in [-0.05, 0) is 31.4 Å². The van der Waals surface area contributed by atoms with Crippen LogP contribution in [0, 0.1) is 6.92 Å². The van der Waals surface area contributed by atoms with Crippen molar-refractivity contribution in [2.75, 3.05) is 0 Å². The van der Waals surface area contributed by atoms with Gasteiger partial charge >= 0.3 is 5.97 Å². The third-order valence-electron chi connectivity index (χ3n) is 3.09. The number of carboxylic acid groups (broad SMARTS) is 1. The summed E-state index contributed by atoms with van der Waals surface area (Å²) in [6, 6.07) is -0.839. The number of hydrogen-bond donors (Lipinski definition) is 2. The van der Waals surface area contributed by atoms with Crippen LogP contribution < -0.4 is 5.32 Å². The van der Waals surface area contributed by atoms with Crippen LogP contribution >= 0.6 is 11.3 Å². The Morgan fingerprint density at radius 1 is 1.55 bits per heavy atom. The van der Waals surface area contributed by atoms with Crippen molar-refractivity contribution < 1.29 is 14.7 Å². The van der Waals surface area contributed by atoms with Gasteiger partial charge < -0.3 is 10.4 Å². The van der Waals surface area contributed by atoms with Crippen LogP contribution in [0.25, 0.3) is 5.57 Å². The Balaban J connectivity index is 2.05. The Kier molecular flexibility index (Phi) is 4.34. The molecule has 0 radical (unpaired) electrons. The molecule has 0 saturated carbocycles. The van der Waals surface area contributed by atoms with Crippen molar-refractivity contribution >= 4 is 28.8 Å². The number of rotatable bonds is 5. The zero-order valence-corrected chi connectivity index (χ0v) is 12.2. The molecule has 2 rings (SSSR count). The molecule has 0 aliphatic heterocycles. The van der Waals surface area contributed by atoms with E-state index in [0.29, 0.717) is 18.4 Å². The number of hydrogen-bond acceptors (Lipinski definition) is 4. The Bertz CT molecular complexity index is 601. The van der Waals surface area contributed by atoms with E-state index in [-0.39, 0.29) is 5.91 Å². The second-order valence-corrected chi connectivity index (χ2v) is 5.62. The fourth-order valence-electron chi connectivity index (χ4n) is 1.95. The Labute approximate surface area is 121 Å². The molecule has 1 amide bonds. The number of aromatic nitrogens is 1. The zero-order valence-electron chi connectivity index (χ0n) is 11.3. The molecule has 1 unspecified atom stereocenters. The largest absolute Gasteiger partial charge is 0.480 e. The second-order valence-electron chi connectivity index (χ2n) is 4.56. The van der Waals surface area contributed by atoms with Gasteiger partial charge in [0, 0.05) is 11.0 Å². The van der Waals surface area contributed by atoms with E-state index in [4.69, 9.17) is 5.11 Å². The number of aliphatic carboxylic acids is 1. The number of carbonyl (C=O) groups excluding carboxylic acids is 1. The summed E-state index contributed by atoms with van der Waals surface area (Å²) >= 11 is 1.56. The predicted molar refractivity (Wildman–Crippen MR) is 77.4 cm³/mol. The van der Waals surface area contributed by atoms with Gasteiger partial charge in [0.2, 0.25) is 5.91 Å². The number of nitrogens with one attached hydrogen (secondary N) is 1. The summed E-state index contributed by atoms with van der Waals surface area (Å²) in [6.45, 7) is 3.66. The minimum atomic E-state index is -1.01. The normalized spacial score (nSPS) is 15.5. The van der Waals surface area contributed by atoms with Gasteiger partial charge in [-0.2, -0.15) is 0 Å². The molecule has 0 spiro atoms. The molecule has 6 heteroatoms. The maximum atomic E-state index is 12.0. The SMILES string of the molecule is CCC(NC(=O)C1=CC(c2csc(C)n2)=CC1)C(=O)O. The van der Waals surface area contributed by atoms with Crippen LogP contribution in [0.15, 0.2) is 23.1 Å². The minimum Gasteiger partial charge on any atom is -0.480 e. The highest BCUT2D eigenvalue weighted by atomic mass is 32.1. The summed E-state index contributed by atoms with van der Waals surface area (Å²) in [6.07, 6.45) is 4.58. The Morgan fingerprint density at radius 3 is 2.85 bits per heavy atom. The fourth-order valence-corrected chi connectivity index (χ4v) is 2.57. The molecular weight excluding hydrogens is 276 g/mol. The molecule has 5 nitrogen and oxygen atoms in total. The summed E-state index contributed by atoms with van der Waals surface area (Å²) in [7, 11) is 0. The van der Waals surface area contributed by atoms with Crippen molar-refractivity contribution in [3.05, 3.63) is 33.8 Å². The summed E-state index contributed by atoms with van der Waals surface area (Å²) in [5, 5.41) is 14.4. The van der Waals surface area contributed by atoms with E-state index in [1.165, 1.54) is 0 Å². The maximum absolute atomic E-state index is 12.0. The molecule has 0 saturated heterocycles. The van der Waals surface area contributed by atoms with Crippen LogP contribution in [0.1, 0.15) is 30.5 Å². The van der Waals surface area contributed by atoms with Crippen LogP contribution in [0.4, 0.5) is 0 Å². The number of allylic oxidation sites excluding steroid dienone is 3. The lowest BCUT2D eigenvalue weighted by atomic mass is 10.1. The average molecular weight is 292 g/mol. The third-order valence-corrected chi connectivity index (χ3v) is 3.86. The maximum Gasteiger partial charge on any atom is 0.326 e. The number of thiazole rings is 1. The smallest absolute Gasteiger partial charge is 0.326 e. The van der Waals surface area contributed by atoms with E-state index in [9.17, 15) is 9.59 Å². The van der Waals surface area contributed by atoms with Crippen molar-refractivity contribution in [3.63, 3.8) is 0 Å². The highest BCUT2D eigenvalue weighted by Crippen LogP contribution is 2.27. The zero-order chi connectivity index (χ0) is 14.7. The van der Waals surface area contributed by atoms with E-state index in [1.54, 1.807) is 24.3 Å². The lowest BCUT2D eigenvalue weighted by Gasteiger charge is -2.12. The molecule has 1 aliphatic carbocycles. The minimum absolute atomic E-state index is 0.322. The lowest BCUT2D eigenvalue weighted by molar-refractivity contribution is -0.141. The molecule has 1 aliphatic rings. The Hall–Kier alpha value is -1.95. The molecule has 106 valence electrons. The quantitative estimate of drug-likeness (QED) is 0.871. The number of aryl methyl sites for hydroxylation is 1.